The molecule has 1 aromatic carbocycles. The molecule has 0 aliphatic carbocycles. The average molecular weight is 221 g/mol. The van der Waals surface area contributed by atoms with Crippen LogP contribution in [0.2, 0.25) is 0 Å². The Labute approximate surface area is 94.4 Å². The van der Waals surface area contributed by atoms with Crippen LogP contribution in [-0.4, -0.2) is 29.2 Å². The van der Waals surface area contributed by atoms with Crippen molar-refractivity contribution < 1.29 is 14.7 Å². The van der Waals surface area contributed by atoms with Gasteiger partial charge in [-0.2, -0.15) is 0 Å². The molecule has 0 aromatic heterocycles. The largest absolute Gasteiger partial charge is 0.392 e. The molecule has 0 saturated carbocycles. The molecule has 4 heteroatoms. The molecule has 0 spiro atoms. The van der Waals surface area contributed by atoms with Gasteiger partial charge in [-0.15, -0.1) is 0 Å². The second-order valence-electron chi connectivity index (χ2n) is 3.80. The van der Waals surface area contributed by atoms with Gasteiger partial charge >= 0.3 is 0 Å². The van der Waals surface area contributed by atoms with Crippen molar-refractivity contribution in [3.05, 3.63) is 35.4 Å². The van der Waals surface area contributed by atoms with Crippen molar-refractivity contribution in [2.45, 2.75) is 19.4 Å². The van der Waals surface area contributed by atoms with Crippen LogP contribution in [0.4, 0.5) is 0 Å². The molecule has 1 saturated heterocycles. The summed E-state index contributed by atoms with van der Waals surface area (Å²) < 4.78 is 0. The molecule has 0 radical (unpaired) electrons. The fourth-order valence-corrected chi connectivity index (χ4v) is 1.65. The summed E-state index contributed by atoms with van der Waals surface area (Å²) in [7, 11) is 0. The maximum absolute atomic E-state index is 11.9. The highest BCUT2D eigenvalue weighted by atomic mass is 16.7. The molecule has 2 rings (SSSR count). The minimum atomic E-state index is -0.107. The van der Waals surface area contributed by atoms with Crippen molar-refractivity contribution in [2.75, 3.05) is 13.2 Å². The standard InChI is InChI=1S/C12H15NO3/c14-9-10-3-5-11(6-4-10)12(15)13-7-1-2-8-16-13/h3-6,14H,1-2,7-9H2. The van der Waals surface area contributed by atoms with Crippen LogP contribution in [0.15, 0.2) is 24.3 Å². The van der Waals surface area contributed by atoms with Gasteiger partial charge in [0.1, 0.15) is 0 Å². The first-order chi connectivity index (χ1) is 7.81. The molecule has 0 bridgehead atoms. The SMILES string of the molecule is O=C(c1ccc(CO)cc1)N1CCCCO1. The molecule has 0 atom stereocenters. The number of benzene rings is 1. The number of carbonyl (C=O) groups is 1. The summed E-state index contributed by atoms with van der Waals surface area (Å²) in [6.07, 6.45) is 1.99. The summed E-state index contributed by atoms with van der Waals surface area (Å²) in [4.78, 5) is 17.2. The molecule has 16 heavy (non-hydrogen) atoms. The summed E-state index contributed by atoms with van der Waals surface area (Å²) in [6, 6.07) is 6.92. The van der Waals surface area contributed by atoms with E-state index in [0.29, 0.717) is 18.7 Å². The number of aliphatic hydroxyl groups is 1. The lowest BCUT2D eigenvalue weighted by Crippen LogP contribution is -2.35. The Bertz CT molecular complexity index is 355. The molecule has 86 valence electrons. The molecule has 1 heterocycles. The summed E-state index contributed by atoms with van der Waals surface area (Å²) in [5.41, 5.74) is 1.40. The maximum Gasteiger partial charge on any atom is 0.277 e. The van der Waals surface area contributed by atoms with Gasteiger partial charge in [0.2, 0.25) is 0 Å². The molecule has 1 amide bonds. The van der Waals surface area contributed by atoms with Crippen LogP contribution in [0.3, 0.4) is 0 Å². The van der Waals surface area contributed by atoms with Crippen LogP contribution in [-0.2, 0) is 11.4 Å². The number of hydroxylamine groups is 2. The van der Waals surface area contributed by atoms with Gasteiger partial charge in [0.05, 0.1) is 13.2 Å². The van der Waals surface area contributed by atoms with Crippen LogP contribution in [0, 0.1) is 0 Å². The van der Waals surface area contributed by atoms with E-state index in [4.69, 9.17) is 9.94 Å². The molecule has 1 fully saturated rings. The van der Waals surface area contributed by atoms with Crippen LogP contribution in [0.25, 0.3) is 0 Å². The van der Waals surface area contributed by atoms with E-state index in [1.165, 1.54) is 5.06 Å². The van der Waals surface area contributed by atoms with Gasteiger partial charge in [0, 0.05) is 12.1 Å². The first kappa shape index (κ1) is 11.1. The number of nitrogens with zero attached hydrogens (tertiary/aromatic N) is 1. The van der Waals surface area contributed by atoms with Crippen LogP contribution < -0.4 is 0 Å². The van der Waals surface area contributed by atoms with E-state index in [-0.39, 0.29) is 12.5 Å². The zero-order valence-electron chi connectivity index (χ0n) is 9.06. The second-order valence-corrected chi connectivity index (χ2v) is 3.80. The van der Waals surface area contributed by atoms with Crippen molar-refractivity contribution >= 4 is 5.91 Å². The third-order valence-corrected chi connectivity index (χ3v) is 2.61. The zero-order valence-corrected chi connectivity index (χ0v) is 9.06. The Morgan fingerprint density at radius 3 is 2.62 bits per heavy atom. The molecule has 1 aliphatic rings. The number of aliphatic hydroxyl groups excluding tert-OH is 1. The van der Waals surface area contributed by atoms with Gasteiger partial charge in [0.25, 0.3) is 5.91 Å². The minimum Gasteiger partial charge on any atom is -0.392 e. The van der Waals surface area contributed by atoms with Gasteiger partial charge in [0.15, 0.2) is 0 Å². The van der Waals surface area contributed by atoms with Crippen molar-refractivity contribution in [3.63, 3.8) is 0 Å². The second kappa shape index (κ2) is 5.09. The number of rotatable bonds is 2. The lowest BCUT2D eigenvalue weighted by atomic mass is 10.1. The maximum atomic E-state index is 11.9. The first-order valence-electron chi connectivity index (χ1n) is 5.46. The van der Waals surface area contributed by atoms with Crippen molar-refractivity contribution in [1.82, 2.24) is 5.06 Å². The zero-order chi connectivity index (χ0) is 11.4. The average Bonchev–Trinajstić information content (AvgIpc) is 2.39. The Morgan fingerprint density at radius 1 is 1.31 bits per heavy atom. The molecular formula is C12H15NO3. The topological polar surface area (TPSA) is 49.8 Å². The predicted octanol–water partition coefficient (Wildman–Crippen LogP) is 1.35. The number of carbonyl (C=O) groups excluding carboxylic acids is 1. The highest BCUT2D eigenvalue weighted by Gasteiger charge is 2.18. The van der Waals surface area contributed by atoms with E-state index in [1.54, 1.807) is 24.3 Å². The third kappa shape index (κ3) is 2.40. The van der Waals surface area contributed by atoms with Gasteiger partial charge in [-0.1, -0.05) is 12.1 Å². The lowest BCUT2D eigenvalue weighted by Gasteiger charge is -2.25. The number of amides is 1. The fraction of sp³-hybridized carbons (Fsp3) is 0.417. The minimum absolute atomic E-state index is 0.00527. The van der Waals surface area contributed by atoms with Gasteiger partial charge in [-0.3, -0.25) is 9.63 Å². The summed E-state index contributed by atoms with van der Waals surface area (Å²) >= 11 is 0. The van der Waals surface area contributed by atoms with Crippen LogP contribution >= 0.6 is 0 Å². The molecule has 0 unspecified atom stereocenters. The van der Waals surface area contributed by atoms with E-state index in [9.17, 15) is 4.79 Å². The summed E-state index contributed by atoms with van der Waals surface area (Å²) in [6.45, 7) is 1.26. The first-order valence-corrected chi connectivity index (χ1v) is 5.46. The Hall–Kier alpha value is -1.39. The summed E-state index contributed by atoms with van der Waals surface area (Å²) in [5, 5.41) is 10.3. The van der Waals surface area contributed by atoms with Crippen LogP contribution in [0.1, 0.15) is 28.8 Å². The summed E-state index contributed by atoms with van der Waals surface area (Å²) in [5.74, 6) is -0.107. The molecule has 1 aliphatic heterocycles. The molecular weight excluding hydrogens is 206 g/mol. The number of hydrogen-bond donors (Lipinski definition) is 1. The number of hydrogen-bond acceptors (Lipinski definition) is 3. The van der Waals surface area contributed by atoms with Gasteiger partial charge in [-0.05, 0) is 30.5 Å². The quantitative estimate of drug-likeness (QED) is 0.820. The molecule has 1 aromatic rings. The van der Waals surface area contributed by atoms with Gasteiger partial charge < -0.3 is 5.11 Å². The molecule has 4 nitrogen and oxygen atoms in total. The van der Waals surface area contributed by atoms with E-state index in [2.05, 4.69) is 0 Å². The fourth-order valence-electron chi connectivity index (χ4n) is 1.65. The van der Waals surface area contributed by atoms with E-state index >= 15 is 0 Å². The predicted molar refractivity (Wildman–Crippen MR) is 58.6 cm³/mol. The monoisotopic (exact) mass is 221 g/mol. The third-order valence-electron chi connectivity index (χ3n) is 2.61. The Morgan fingerprint density at radius 2 is 2.06 bits per heavy atom. The van der Waals surface area contributed by atoms with Crippen molar-refractivity contribution in [1.29, 1.82) is 0 Å². The van der Waals surface area contributed by atoms with E-state index in [0.717, 1.165) is 18.4 Å². The highest BCUT2D eigenvalue weighted by Crippen LogP contribution is 2.12. The van der Waals surface area contributed by atoms with Crippen molar-refractivity contribution in [3.8, 4) is 0 Å². The Balaban J connectivity index is 2.07. The van der Waals surface area contributed by atoms with E-state index in [1.807, 2.05) is 0 Å². The molecule has 1 N–H and O–H groups in total. The normalized spacial score (nSPS) is 16.2. The van der Waals surface area contributed by atoms with Crippen LogP contribution in [0.5, 0.6) is 0 Å². The van der Waals surface area contributed by atoms with E-state index < -0.39 is 0 Å². The smallest absolute Gasteiger partial charge is 0.277 e. The lowest BCUT2D eigenvalue weighted by molar-refractivity contribution is -0.144. The van der Waals surface area contributed by atoms with Gasteiger partial charge in [-0.25, -0.2) is 5.06 Å². The Kier molecular flexibility index (Phi) is 3.54. The van der Waals surface area contributed by atoms with Crippen molar-refractivity contribution in [2.24, 2.45) is 0 Å². The highest BCUT2D eigenvalue weighted by molar-refractivity contribution is 5.93.